The minimum absolute atomic E-state index is 0.0967. The molecule has 0 radical (unpaired) electrons. The molecule has 18 heavy (non-hydrogen) atoms. The third-order valence-electron chi connectivity index (χ3n) is 2.37. The van der Waals surface area contributed by atoms with Gasteiger partial charge >= 0.3 is 5.97 Å². The second-order valence-electron chi connectivity index (χ2n) is 3.69. The predicted molar refractivity (Wildman–Crippen MR) is 67.5 cm³/mol. The Hall–Kier alpha value is -1.88. The van der Waals surface area contributed by atoms with Crippen LogP contribution < -0.4 is 0 Å². The van der Waals surface area contributed by atoms with Gasteiger partial charge in [0.2, 0.25) is 5.82 Å². The zero-order valence-electron chi connectivity index (χ0n) is 10.0. The number of nitrogens with one attached hydrogen (secondary N) is 1. The van der Waals surface area contributed by atoms with Crippen molar-refractivity contribution in [1.82, 2.24) is 15.2 Å². The molecule has 0 fully saturated rings. The van der Waals surface area contributed by atoms with Crippen molar-refractivity contribution in [3.05, 3.63) is 34.6 Å². The summed E-state index contributed by atoms with van der Waals surface area (Å²) in [5.41, 5.74) is 1.72. The van der Waals surface area contributed by atoms with Gasteiger partial charge < -0.3 is 4.74 Å². The summed E-state index contributed by atoms with van der Waals surface area (Å²) in [6, 6.07) is 5.43. The lowest BCUT2D eigenvalue weighted by Crippen LogP contribution is -2.06. The first-order valence-electron chi connectivity index (χ1n) is 5.48. The Morgan fingerprint density at radius 1 is 1.50 bits per heavy atom. The molecule has 0 spiro atoms. The molecule has 0 unspecified atom stereocenters. The molecule has 0 aliphatic rings. The number of halogens is 1. The number of carbonyl (C=O) groups is 1. The number of aryl methyl sites for hydroxylation is 1. The van der Waals surface area contributed by atoms with Crippen LogP contribution in [0.4, 0.5) is 0 Å². The Bertz CT molecular complexity index is 580. The van der Waals surface area contributed by atoms with Gasteiger partial charge in [-0.05, 0) is 37.6 Å². The zero-order chi connectivity index (χ0) is 13.1. The van der Waals surface area contributed by atoms with E-state index in [4.69, 9.17) is 16.3 Å². The highest BCUT2D eigenvalue weighted by molar-refractivity contribution is 6.31. The number of carbonyl (C=O) groups excluding carboxylic acids is 1. The Labute approximate surface area is 109 Å². The van der Waals surface area contributed by atoms with Crippen LogP contribution in [0.2, 0.25) is 5.02 Å². The van der Waals surface area contributed by atoms with Gasteiger partial charge in [0.1, 0.15) is 0 Å². The van der Waals surface area contributed by atoms with Crippen LogP contribution in [0.1, 0.15) is 23.1 Å². The van der Waals surface area contributed by atoms with Crippen LogP contribution in [0.3, 0.4) is 0 Å². The minimum Gasteiger partial charge on any atom is -0.460 e. The fourth-order valence-electron chi connectivity index (χ4n) is 1.47. The Morgan fingerprint density at radius 3 is 2.94 bits per heavy atom. The van der Waals surface area contributed by atoms with E-state index in [1.807, 2.05) is 13.0 Å². The molecule has 0 aliphatic carbocycles. The van der Waals surface area contributed by atoms with Gasteiger partial charge in [0.25, 0.3) is 0 Å². The zero-order valence-corrected chi connectivity index (χ0v) is 10.8. The van der Waals surface area contributed by atoms with Crippen molar-refractivity contribution in [2.24, 2.45) is 0 Å². The van der Waals surface area contributed by atoms with Crippen molar-refractivity contribution in [2.45, 2.75) is 13.8 Å². The molecule has 1 aromatic carbocycles. The maximum atomic E-state index is 11.4. The quantitative estimate of drug-likeness (QED) is 0.866. The number of aromatic nitrogens is 3. The number of esters is 1. The van der Waals surface area contributed by atoms with E-state index in [-0.39, 0.29) is 5.82 Å². The predicted octanol–water partition coefficient (Wildman–Crippen LogP) is 2.61. The fraction of sp³-hybridized carbons (Fsp3) is 0.250. The average Bonchev–Trinajstić information content (AvgIpc) is 2.82. The summed E-state index contributed by atoms with van der Waals surface area (Å²) in [4.78, 5) is 15.5. The molecule has 2 rings (SSSR count). The molecule has 0 saturated carbocycles. The van der Waals surface area contributed by atoms with Crippen molar-refractivity contribution < 1.29 is 9.53 Å². The molecular weight excluding hydrogens is 254 g/mol. The smallest absolute Gasteiger partial charge is 0.375 e. The van der Waals surface area contributed by atoms with E-state index in [1.54, 1.807) is 19.1 Å². The van der Waals surface area contributed by atoms with E-state index in [9.17, 15) is 4.79 Å². The van der Waals surface area contributed by atoms with Crippen molar-refractivity contribution in [2.75, 3.05) is 6.61 Å². The van der Waals surface area contributed by atoms with Gasteiger partial charge in [-0.3, -0.25) is 5.10 Å². The summed E-state index contributed by atoms with van der Waals surface area (Å²) in [5, 5.41) is 7.22. The third kappa shape index (κ3) is 2.51. The van der Waals surface area contributed by atoms with E-state index in [0.29, 0.717) is 17.5 Å². The number of rotatable bonds is 3. The van der Waals surface area contributed by atoms with Crippen LogP contribution in [0.15, 0.2) is 18.2 Å². The van der Waals surface area contributed by atoms with Gasteiger partial charge in [0, 0.05) is 10.6 Å². The Kier molecular flexibility index (Phi) is 3.62. The lowest BCUT2D eigenvalue weighted by molar-refractivity contribution is 0.0512. The van der Waals surface area contributed by atoms with E-state index < -0.39 is 5.97 Å². The van der Waals surface area contributed by atoms with Gasteiger partial charge in [0.05, 0.1) is 6.61 Å². The molecule has 0 saturated heterocycles. The molecule has 0 amide bonds. The Balaban J connectivity index is 2.29. The number of benzene rings is 1. The van der Waals surface area contributed by atoms with Crippen LogP contribution in [-0.2, 0) is 4.74 Å². The van der Waals surface area contributed by atoms with E-state index in [0.717, 1.165) is 11.1 Å². The van der Waals surface area contributed by atoms with Crippen molar-refractivity contribution in [3.8, 4) is 11.4 Å². The molecule has 94 valence electrons. The number of H-pyrrole nitrogens is 1. The molecule has 1 N–H and O–H groups in total. The van der Waals surface area contributed by atoms with E-state index in [2.05, 4.69) is 15.2 Å². The first-order chi connectivity index (χ1) is 8.61. The van der Waals surface area contributed by atoms with Gasteiger partial charge in [-0.25, -0.2) is 9.78 Å². The number of aromatic amines is 1. The molecule has 5 nitrogen and oxygen atoms in total. The topological polar surface area (TPSA) is 67.9 Å². The maximum Gasteiger partial charge on any atom is 0.375 e. The Morgan fingerprint density at radius 2 is 2.28 bits per heavy atom. The van der Waals surface area contributed by atoms with Crippen LogP contribution in [0.25, 0.3) is 11.4 Å². The normalized spacial score (nSPS) is 10.4. The maximum absolute atomic E-state index is 11.4. The van der Waals surface area contributed by atoms with Crippen LogP contribution >= 0.6 is 11.6 Å². The molecule has 1 heterocycles. The van der Waals surface area contributed by atoms with Gasteiger partial charge in [-0.2, -0.15) is 5.10 Å². The molecule has 2 aromatic rings. The SMILES string of the molecule is CCOC(=O)c1nc(-c2ccc(Cl)c(C)c2)n[nH]1. The molecular formula is C12H12ClN3O2. The molecule has 6 heteroatoms. The molecule has 1 aromatic heterocycles. The number of hydrogen-bond donors (Lipinski definition) is 1. The standard InChI is InChI=1S/C12H12ClN3O2/c1-3-18-12(17)11-14-10(15-16-11)8-4-5-9(13)7(2)6-8/h4-6H,3H2,1-2H3,(H,14,15,16). The highest BCUT2D eigenvalue weighted by atomic mass is 35.5. The van der Waals surface area contributed by atoms with Crippen LogP contribution in [-0.4, -0.2) is 27.8 Å². The monoisotopic (exact) mass is 265 g/mol. The first kappa shape index (κ1) is 12.6. The summed E-state index contributed by atoms with van der Waals surface area (Å²) in [7, 11) is 0. The lowest BCUT2D eigenvalue weighted by Gasteiger charge is -1.99. The van der Waals surface area contributed by atoms with Gasteiger partial charge in [-0.1, -0.05) is 11.6 Å². The van der Waals surface area contributed by atoms with Crippen molar-refractivity contribution >= 4 is 17.6 Å². The third-order valence-corrected chi connectivity index (χ3v) is 2.79. The molecule has 0 bridgehead atoms. The summed E-state index contributed by atoms with van der Waals surface area (Å²) in [6.07, 6.45) is 0. The summed E-state index contributed by atoms with van der Waals surface area (Å²) < 4.78 is 4.83. The number of nitrogens with zero attached hydrogens (tertiary/aromatic N) is 2. The minimum atomic E-state index is -0.512. The summed E-state index contributed by atoms with van der Waals surface area (Å²) >= 11 is 5.94. The molecule has 0 aliphatic heterocycles. The largest absolute Gasteiger partial charge is 0.460 e. The highest BCUT2D eigenvalue weighted by Gasteiger charge is 2.14. The fourth-order valence-corrected chi connectivity index (χ4v) is 1.58. The number of ether oxygens (including phenoxy) is 1. The van der Waals surface area contributed by atoms with Gasteiger partial charge in [-0.15, -0.1) is 0 Å². The van der Waals surface area contributed by atoms with E-state index in [1.165, 1.54) is 0 Å². The van der Waals surface area contributed by atoms with Crippen LogP contribution in [0.5, 0.6) is 0 Å². The highest BCUT2D eigenvalue weighted by Crippen LogP contribution is 2.22. The first-order valence-corrected chi connectivity index (χ1v) is 5.85. The number of hydrogen-bond acceptors (Lipinski definition) is 4. The summed E-state index contributed by atoms with van der Waals surface area (Å²) in [6.45, 7) is 3.93. The van der Waals surface area contributed by atoms with Crippen molar-refractivity contribution in [3.63, 3.8) is 0 Å². The lowest BCUT2D eigenvalue weighted by atomic mass is 10.1. The van der Waals surface area contributed by atoms with Crippen molar-refractivity contribution in [1.29, 1.82) is 0 Å². The van der Waals surface area contributed by atoms with Gasteiger partial charge in [0.15, 0.2) is 5.82 Å². The second-order valence-corrected chi connectivity index (χ2v) is 4.10. The summed E-state index contributed by atoms with van der Waals surface area (Å²) in [5.74, 6) is 0.0270. The molecule has 0 atom stereocenters. The van der Waals surface area contributed by atoms with E-state index >= 15 is 0 Å². The average molecular weight is 266 g/mol. The van der Waals surface area contributed by atoms with Crippen LogP contribution in [0, 0.1) is 6.92 Å². The second kappa shape index (κ2) is 5.18.